The molecule has 2 unspecified atom stereocenters. The van der Waals surface area contributed by atoms with E-state index in [-0.39, 0.29) is 18.5 Å². The summed E-state index contributed by atoms with van der Waals surface area (Å²) in [5.74, 6) is -0.00779. The third-order valence-electron chi connectivity index (χ3n) is 19.4. The first-order valence-electron chi connectivity index (χ1n) is 41.2. The molecule has 6 nitrogen and oxygen atoms in total. The molecule has 0 bridgehead atoms. The summed E-state index contributed by atoms with van der Waals surface area (Å²) in [6, 6.07) is -0.539. The van der Waals surface area contributed by atoms with Crippen LogP contribution in [0.4, 0.5) is 0 Å². The molecule has 0 aliphatic heterocycles. The Morgan fingerprint density at radius 1 is 0.311 bits per heavy atom. The van der Waals surface area contributed by atoms with Gasteiger partial charge in [-0.25, -0.2) is 0 Å². The fourth-order valence-corrected chi connectivity index (χ4v) is 13.1. The molecule has 0 saturated heterocycles. The van der Waals surface area contributed by atoms with Gasteiger partial charge in [-0.2, -0.15) is 0 Å². The Labute approximate surface area is 564 Å². The van der Waals surface area contributed by atoms with Crippen molar-refractivity contribution in [1.29, 1.82) is 0 Å². The zero-order valence-electron chi connectivity index (χ0n) is 61.1. The van der Waals surface area contributed by atoms with Gasteiger partial charge in [0.2, 0.25) is 5.91 Å². The smallest absolute Gasteiger partial charge is 0.305 e. The van der Waals surface area contributed by atoms with Crippen molar-refractivity contribution in [2.24, 2.45) is 0 Å². The Morgan fingerprint density at radius 3 is 0.856 bits per heavy atom. The van der Waals surface area contributed by atoms with E-state index in [1.165, 1.54) is 385 Å². The van der Waals surface area contributed by atoms with Gasteiger partial charge in [0.05, 0.1) is 25.4 Å². The molecule has 0 spiro atoms. The molecule has 2 atom stereocenters. The van der Waals surface area contributed by atoms with Crippen LogP contribution >= 0.6 is 0 Å². The number of carbonyl (C=O) groups is 2. The van der Waals surface area contributed by atoms with Crippen molar-refractivity contribution < 1.29 is 24.5 Å². The molecule has 1 amide bonds. The van der Waals surface area contributed by atoms with Crippen molar-refractivity contribution in [3.8, 4) is 0 Å². The summed E-state index contributed by atoms with van der Waals surface area (Å²) in [6.45, 7) is 4.99. The number of esters is 1. The van der Waals surface area contributed by atoms with Gasteiger partial charge in [-0.1, -0.05) is 403 Å². The van der Waals surface area contributed by atoms with Crippen LogP contribution in [-0.2, 0) is 14.3 Å². The van der Waals surface area contributed by atoms with Gasteiger partial charge in [0.1, 0.15) is 0 Å². The quantitative estimate of drug-likeness (QED) is 0.0320. The van der Waals surface area contributed by atoms with Crippen molar-refractivity contribution in [1.82, 2.24) is 5.32 Å². The third kappa shape index (κ3) is 75.1. The number of rotatable bonds is 78. The highest BCUT2D eigenvalue weighted by molar-refractivity contribution is 5.76. The molecule has 0 aromatic carbocycles. The molecule has 0 aromatic heterocycles. The first kappa shape index (κ1) is 88.1. The number of hydrogen-bond acceptors (Lipinski definition) is 5. The van der Waals surface area contributed by atoms with E-state index in [0.29, 0.717) is 25.9 Å². The highest BCUT2D eigenvalue weighted by Crippen LogP contribution is 2.20. The fraction of sp³-hybridized carbons (Fsp3) is 0.905. The summed E-state index contributed by atoms with van der Waals surface area (Å²) in [5.41, 5.74) is 0. The molecular formula is C84H161NO5. The van der Waals surface area contributed by atoms with Crippen LogP contribution in [0.3, 0.4) is 0 Å². The predicted octanol–water partition coefficient (Wildman–Crippen LogP) is 27.4. The second kappa shape index (κ2) is 79.5. The summed E-state index contributed by atoms with van der Waals surface area (Å²) in [7, 11) is 0. The van der Waals surface area contributed by atoms with Crippen LogP contribution in [0.25, 0.3) is 0 Å². The molecule has 0 fully saturated rings. The molecule has 0 aromatic rings. The Balaban J connectivity index is 3.33. The fourth-order valence-electron chi connectivity index (χ4n) is 13.1. The minimum atomic E-state index is -0.662. The van der Waals surface area contributed by atoms with Gasteiger partial charge in [0.15, 0.2) is 0 Å². The van der Waals surface area contributed by atoms with Crippen LogP contribution in [0, 0.1) is 0 Å². The van der Waals surface area contributed by atoms with Gasteiger partial charge in [0, 0.05) is 12.8 Å². The lowest BCUT2D eigenvalue weighted by Crippen LogP contribution is -2.45. The molecule has 0 saturated carbocycles. The zero-order valence-corrected chi connectivity index (χ0v) is 61.1. The van der Waals surface area contributed by atoms with Gasteiger partial charge in [-0.15, -0.1) is 0 Å². The van der Waals surface area contributed by atoms with E-state index in [4.69, 9.17) is 4.74 Å². The number of ether oxygens (including phenoxy) is 1. The Bertz CT molecular complexity index is 1460. The molecule has 6 heteroatoms. The standard InChI is InChI=1S/C84H161NO5/c1-3-5-7-9-11-13-15-17-19-20-42-46-50-54-58-62-66-70-74-78-84(89)90-79-75-71-67-63-59-55-51-47-44-41-39-37-35-33-31-29-27-25-23-21-22-24-26-28-30-32-34-36-38-40-43-45-49-53-57-61-65-69-73-77-83(88)85-81(80-86)82(87)76-72-68-64-60-56-52-48-18-16-14-12-10-8-6-4-2/h17,19,21-22,25,27,81-82,86-87H,3-16,18,20,23-24,26,28-80H2,1-2H3,(H,85,88)/b19-17-,22-21-,27-25-. The predicted molar refractivity (Wildman–Crippen MR) is 398 cm³/mol. The van der Waals surface area contributed by atoms with Crippen LogP contribution in [0.5, 0.6) is 0 Å². The van der Waals surface area contributed by atoms with Gasteiger partial charge in [-0.3, -0.25) is 9.59 Å². The molecule has 0 aliphatic rings. The maximum atomic E-state index is 12.5. The van der Waals surface area contributed by atoms with Gasteiger partial charge in [0.25, 0.3) is 0 Å². The van der Waals surface area contributed by atoms with Crippen LogP contribution in [0.2, 0.25) is 0 Å². The maximum absolute atomic E-state index is 12.5. The number of aliphatic hydroxyl groups excluding tert-OH is 2. The Morgan fingerprint density at radius 2 is 0.556 bits per heavy atom. The molecule has 532 valence electrons. The van der Waals surface area contributed by atoms with Gasteiger partial charge in [-0.05, 0) is 83.5 Å². The lowest BCUT2D eigenvalue weighted by atomic mass is 10.0. The van der Waals surface area contributed by atoms with E-state index in [0.717, 1.165) is 44.9 Å². The molecule has 0 radical (unpaired) electrons. The van der Waals surface area contributed by atoms with E-state index in [1.807, 2.05) is 0 Å². The van der Waals surface area contributed by atoms with E-state index >= 15 is 0 Å². The highest BCUT2D eigenvalue weighted by atomic mass is 16.5. The normalized spacial score (nSPS) is 12.6. The number of hydrogen-bond donors (Lipinski definition) is 3. The SMILES string of the molecule is CCCCCCCC/C=C\CCCCCCCCCCCC(=O)OCCCCCCCCCCCCCCCCC/C=C\C/C=C\CCCCCCCCCCCCCCCCCCCC(=O)NC(CO)C(O)CCCCCCCCCCCCCCCCC. The lowest BCUT2D eigenvalue weighted by Gasteiger charge is -2.22. The van der Waals surface area contributed by atoms with Crippen molar-refractivity contribution >= 4 is 11.9 Å². The molecular weight excluding hydrogens is 1100 g/mol. The van der Waals surface area contributed by atoms with Gasteiger partial charge >= 0.3 is 5.97 Å². The second-order valence-corrected chi connectivity index (χ2v) is 28.5. The van der Waals surface area contributed by atoms with E-state index < -0.39 is 12.1 Å². The van der Waals surface area contributed by atoms with Crippen LogP contribution in [-0.4, -0.2) is 47.4 Å². The van der Waals surface area contributed by atoms with E-state index in [1.54, 1.807) is 0 Å². The number of aliphatic hydroxyl groups is 2. The average Bonchev–Trinajstić information content (AvgIpc) is 3.68. The number of amides is 1. The minimum absolute atomic E-state index is 0.0207. The summed E-state index contributed by atoms with van der Waals surface area (Å²) in [5, 5.41) is 23.4. The summed E-state index contributed by atoms with van der Waals surface area (Å²) < 4.78 is 5.52. The zero-order chi connectivity index (χ0) is 64.9. The lowest BCUT2D eigenvalue weighted by molar-refractivity contribution is -0.143. The monoisotopic (exact) mass is 1260 g/mol. The maximum Gasteiger partial charge on any atom is 0.305 e. The average molecular weight is 1270 g/mol. The molecule has 0 aliphatic carbocycles. The third-order valence-corrected chi connectivity index (χ3v) is 19.4. The number of carbonyl (C=O) groups excluding carboxylic acids is 2. The van der Waals surface area contributed by atoms with Crippen LogP contribution < -0.4 is 5.32 Å². The van der Waals surface area contributed by atoms with E-state index in [2.05, 4.69) is 55.6 Å². The van der Waals surface area contributed by atoms with Crippen molar-refractivity contribution in [3.05, 3.63) is 36.5 Å². The number of unbranched alkanes of at least 4 members (excludes halogenated alkanes) is 61. The summed E-state index contributed by atoms with van der Waals surface area (Å²) >= 11 is 0. The summed E-state index contributed by atoms with van der Waals surface area (Å²) in [6.07, 6.45) is 104. The number of nitrogens with one attached hydrogen (secondary N) is 1. The summed E-state index contributed by atoms with van der Waals surface area (Å²) in [4.78, 5) is 24.7. The first-order chi connectivity index (χ1) is 44.5. The first-order valence-corrected chi connectivity index (χ1v) is 41.2. The van der Waals surface area contributed by atoms with Crippen molar-refractivity contribution in [3.63, 3.8) is 0 Å². The number of allylic oxidation sites excluding steroid dienone is 6. The van der Waals surface area contributed by atoms with Crippen molar-refractivity contribution in [2.45, 2.75) is 475 Å². The Kier molecular flexibility index (Phi) is 77.8. The second-order valence-electron chi connectivity index (χ2n) is 28.5. The minimum Gasteiger partial charge on any atom is -0.466 e. The highest BCUT2D eigenvalue weighted by Gasteiger charge is 2.20. The van der Waals surface area contributed by atoms with Gasteiger partial charge < -0.3 is 20.3 Å². The largest absolute Gasteiger partial charge is 0.466 e. The van der Waals surface area contributed by atoms with E-state index in [9.17, 15) is 19.8 Å². The van der Waals surface area contributed by atoms with Crippen LogP contribution in [0.15, 0.2) is 36.5 Å². The molecule has 90 heavy (non-hydrogen) atoms. The Hall–Kier alpha value is -1.92. The van der Waals surface area contributed by atoms with Crippen molar-refractivity contribution in [2.75, 3.05) is 13.2 Å². The molecule has 3 N–H and O–H groups in total. The topological polar surface area (TPSA) is 95.9 Å². The molecule has 0 heterocycles. The van der Waals surface area contributed by atoms with Crippen LogP contribution in [0.1, 0.15) is 463 Å². The molecule has 0 rings (SSSR count).